The summed E-state index contributed by atoms with van der Waals surface area (Å²) in [6.07, 6.45) is 3.37. The molecule has 0 bridgehead atoms. The van der Waals surface area contributed by atoms with E-state index >= 15 is 0 Å². The molecule has 0 unspecified atom stereocenters. The fourth-order valence-electron chi connectivity index (χ4n) is 2.84. The molecule has 0 saturated carbocycles. The van der Waals surface area contributed by atoms with Crippen LogP contribution >= 0.6 is 0 Å². The van der Waals surface area contributed by atoms with Crippen molar-refractivity contribution >= 4 is 17.3 Å². The molecule has 3 aromatic rings. The molecule has 5 nitrogen and oxygen atoms in total. The monoisotopic (exact) mass is 370 g/mol. The molecule has 3 rings (SSSR count). The van der Waals surface area contributed by atoms with Crippen LogP contribution < -0.4 is 16.8 Å². The largest absolute Gasteiger partial charge is 0.398 e. The van der Waals surface area contributed by atoms with Crippen LogP contribution in [0, 0.1) is 5.41 Å². The van der Waals surface area contributed by atoms with E-state index in [-0.39, 0.29) is 0 Å². The van der Waals surface area contributed by atoms with Crippen LogP contribution in [-0.2, 0) is 6.54 Å². The number of nitrogens with one attached hydrogen (secondary N) is 2. The molecular weight excluding hydrogens is 348 g/mol. The van der Waals surface area contributed by atoms with Crippen LogP contribution in [0.5, 0.6) is 0 Å². The van der Waals surface area contributed by atoms with Gasteiger partial charge in [-0.3, -0.25) is 4.79 Å². The first kappa shape index (κ1) is 18.9. The highest BCUT2D eigenvalue weighted by molar-refractivity contribution is 6.10. The summed E-state index contributed by atoms with van der Waals surface area (Å²) in [6.45, 7) is 0.518. The van der Waals surface area contributed by atoms with Crippen molar-refractivity contribution in [2.24, 2.45) is 5.73 Å². The maximum atomic E-state index is 11.2. The van der Waals surface area contributed by atoms with Crippen LogP contribution in [-0.4, -0.2) is 11.6 Å². The van der Waals surface area contributed by atoms with E-state index < -0.39 is 5.91 Å². The minimum absolute atomic E-state index is 0.314. The molecule has 0 fully saturated rings. The van der Waals surface area contributed by atoms with E-state index in [0.717, 1.165) is 16.7 Å². The Balaban J connectivity index is 1.67. The van der Waals surface area contributed by atoms with Crippen molar-refractivity contribution in [1.29, 1.82) is 5.41 Å². The average Bonchev–Trinajstić information content (AvgIpc) is 2.72. The quantitative estimate of drug-likeness (QED) is 0.376. The highest BCUT2D eigenvalue weighted by Crippen LogP contribution is 2.24. The standard InChI is InChI=1S/C23H22N4O/c24-21-10-9-18(17-6-2-1-3-7-17)14-20(21)22(25)11-12-27-15-16-5-4-8-19(13-16)23(26)28/h1-14,25,27H,15,24H2,(H2,26,28)/b12-11-,25-22?. The third-order valence-electron chi connectivity index (χ3n) is 4.34. The summed E-state index contributed by atoms with van der Waals surface area (Å²) < 4.78 is 0. The first-order chi connectivity index (χ1) is 13.5. The molecule has 5 heteroatoms. The first-order valence-electron chi connectivity index (χ1n) is 8.87. The molecule has 0 atom stereocenters. The van der Waals surface area contributed by atoms with Gasteiger partial charge in [0.1, 0.15) is 0 Å². The zero-order valence-corrected chi connectivity index (χ0v) is 15.4. The van der Waals surface area contributed by atoms with Crippen molar-refractivity contribution in [2.45, 2.75) is 6.54 Å². The number of allylic oxidation sites excluding steroid dienone is 1. The van der Waals surface area contributed by atoms with Gasteiger partial charge in [0, 0.05) is 23.4 Å². The number of amides is 1. The summed E-state index contributed by atoms with van der Waals surface area (Å²) in [7, 11) is 0. The summed E-state index contributed by atoms with van der Waals surface area (Å²) in [5.74, 6) is -0.451. The van der Waals surface area contributed by atoms with E-state index in [1.54, 1.807) is 30.5 Å². The lowest BCUT2D eigenvalue weighted by Crippen LogP contribution is -2.12. The highest BCUT2D eigenvalue weighted by atomic mass is 16.1. The topological polar surface area (TPSA) is 105 Å². The molecule has 140 valence electrons. The molecule has 28 heavy (non-hydrogen) atoms. The molecule has 0 aliphatic heterocycles. The van der Waals surface area contributed by atoms with Crippen LogP contribution in [0.25, 0.3) is 11.1 Å². The Bertz CT molecular complexity index is 1030. The molecule has 3 aromatic carbocycles. The Hall–Kier alpha value is -3.86. The molecule has 0 saturated heterocycles. The van der Waals surface area contributed by atoms with Crippen molar-refractivity contribution in [1.82, 2.24) is 5.32 Å². The maximum absolute atomic E-state index is 11.2. The first-order valence-corrected chi connectivity index (χ1v) is 8.87. The minimum atomic E-state index is -0.451. The Morgan fingerprint density at radius 1 is 0.964 bits per heavy atom. The number of anilines is 1. The van der Waals surface area contributed by atoms with E-state index in [1.807, 2.05) is 54.6 Å². The number of hydrogen-bond acceptors (Lipinski definition) is 4. The smallest absolute Gasteiger partial charge is 0.248 e. The van der Waals surface area contributed by atoms with Gasteiger partial charge in [0.15, 0.2) is 0 Å². The van der Waals surface area contributed by atoms with Gasteiger partial charge in [0.2, 0.25) is 5.91 Å². The number of rotatable bonds is 7. The second-order valence-electron chi connectivity index (χ2n) is 6.36. The summed E-state index contributed by atoms with van der Waals surface area (Å²) in [5, 5.41) is 11.5. The van der Waals surface area contributed by atoms with E-state index in [2.05, 4.69) is 5.32 Å². The zero-order valence-electron chi connectivity index (χ0n) is 15.4. The van der Waals surface area contributed by atoms with Gasteiger partial charge < -0.3 is 22.2 Å². The van der Waals surface area contributed by atoms with Crippen LogP contribution in [0.4, 0.5) is 5.69 Å². The van der Waals surface area contributed by atoms with Gasteiger partial charge in [-0.2, -0.15) is 0 Å². The second-order valence-corrected chi connectivity index (χ2v) is 6.36. The fraction of sp³-hybridized carbons (Fsp3) is 0.0435. The van der Waals surface area contributed by atoms with Gasteiger partial charge in [-0.25, -0.2) is 0 Å². The number of carbonyl (C=O) groups excluding carboxylic acids is 1. The van der Waals surface area contributed by atoms with Crippen LogP contribution in [0.1, 0.15) is 21.5 Å². The minimum Gasteiger partial charge on any atom is -0.398 e. The molecule has 0 aromatic heterocycles. The van der Waals surface area contributed by atoms with Crippen molar-refractivity contribution in [3.8, 4) is 11.1 Å². The fourth-order valence-corrected chi connectivity index (χ4v) is 2.84. The molecule has 0 heterocycles. The number of primary amides is 1. The second kappa shape index (κ2) is 8.68. The molecule has 6 N–H and O–H groups in total. The Kier molecular flexibility index (Phi) is 5.87. The van der Waals surface area contributed by atoms with Crippen molar-refractivity contribution < 1.29 is 4.79 Å². The van der Waals surface area contributed by atoms with E-state index in [0.29, 0.717) is 29.1 Å². The lowest BCUT2D eigenvalue weighted by atomic mass is 9.99. The van der Waals surface area contributed by atoms with E-state index in [9.17, 15) is 4.79 Å². The van der Waals surface area contributed by atoms with E-state index in [4.69, 9.17) is 16.9 Å². The normalized spacial score (nSPS) is 10.7. The SMILES string of the molecule is N=C(/C=C\NCc1cccc(C(N)=O)c1)c1cc(-c2ccccc2)ccc1N. The molecular formula is C23H22N4O. The third-order valence-corrected chi connectivity index (χ3v) is 4.34. The Morgan fingerprint density at radius 3 is 2.50 bits per heavy atom. The Morgan fingerprint density at radius 2 is 1.75 bits per heavy atom. The summed E-state index contributed by atoms with van der Waals surface area (Å²) in [5.41, 5.74) is 16.4. The van der Waals surface area contributed by atoms with Crippen molar-refractivity contribution in [2.75, 3.05) is 5.73 Å². The number of carbonyl (C=O) groups is 1. The predicted octanol–water partition coefficient (Wildman–Crippen LogP) is 3.71. The van der Waals surface area contributed by atoms with Gasteiger partial charge in [0.25, 0.3) is 0 Å². The van der Waals surface area contributed by atoms with Crippen LogP contribution in [0.2, 0.25) is 0 Å². The van der Waals surface area contributed by atoms with Crippen LogP contribution in [0.15, 0.2) is 85.1 Å². The maximum Gasteiger partial charge on any atom is 0.248 e. The number of nitrogen functional groups attached to an aromatic ring is 1. The lowest BCUT2D eigenvalue weighted by molar-refractivity contribution is 0.1000. The van der Waals surface area contributed by atoms with Gasteiger partial charge in [0.05, 0.1) is 5.71 Å². The van der Waals surface area contributed by atoms with Crippen molar-refractivity contribution in [3.63, 3.8) is 0 Å². The third kappa shape index (κ3) is 4.65. The van der Waals surface area contributed by atoms with Gasteiger partial charge >= 0.3 is 0 Å². The molecule has 1 amide bonds. The molecule has 0 radical (unpaired) electrons. The van der Waals surface area contributed by atoms with E-state index in [1.165, 1.54) is 0 Å². The lowest BCUT2D eigenvalue weighted by Gasteiger charge is -2.08. The molecule has 0 aliphatic carbocycles. The Labute approximate surface area is 164 Å². The molecule has 0 spiro atoms. The number of benzene rings is 3. The van der Waals surface area contributed by atoms with Gasteiger partial charge in [-0.15, -0.1) is 0 Å². The molecule has 0 aliphatic rings. The van der Waals surface area contributed by atoms with Crippen molar-refractivity contribution in [3.05, 3.63) is 102 Å². The summed E-state index contributed by atoms with van der Waals surface area (Å²) in [6, 6.07) is 22.8. The zero-order chi connectivity index (χ0) is 19.9. The predicted molar refractivity (Wildman–Crippen MR) is 114 cm³/mol. The van der Waals surface area contributed by atoms with Gasteiger partial charge in [-0.1, -0.05) is 48.5 Å². The average molecular weight is 370 g/mol. The summed E-state index contributed by atoms with van der Waals surface area (Å²) in [4.78, 5) is 11.2. The highest BCUT2D eigenvalue weighted by Gasteiger charge is 2.06. The van der Waals surface area contributed by atoms with Crippen LogP contribution in [0.3, 0.4) is 0 Å². The van der Waals surface area contributed by atoms with Gasteiger partial charge in [-0.05, 0) is 53.2 Å². The summed E-state index contributed by atoms with van der Waals surface area (Å²) >= 11 is 0. The number of hydrogen-bond donors (Lipinski definition) is 4. The number of nitrogens with two attached hydrogens (primary N) is 2.